The molecule has 0 unspecified atom stereocenters. The molecule has 0 aromatic rings. The van der Waals surface area contributed by atoms with E-state index in [1.165, 1.54) is 6.92 Å². The fraction of sp³-hybridized carbons (Fsp3) is 0.333. The van der Waals surface area contributed by atoms with Crippen molar-refractivity contribution in [3.05, 3.63) is 11.5 Å². The molecule has 2 nitrogen and oxygen atoms in total. The number of hydrogen-bond donors (Lipinski definition) is 0. The minimum atomic E-state index is -4.35. The highest BCUT2D eigenvalue weighted by atomic mass is 32.3. The molecule has 0 radical (unpaired) electrons. The van der Waals surface area contributed by atoms with E-state index in [0.29, 0.717) is 5.41 Å². The SMILES string of the molecule is C/C=C/S(=O)(=O)F. The lowest BCUT2D eigenvalue weighted by Crippen LogP contribution is -1.78. The van der Waals surface area contributed by atoms with Crippen molar-refractivity contribution in [2.24, 2.45) is 0 Å². The molecule has 0 aromatic heterocycles. The third kappa shape index (κ3) is 5.62. The van der Waals surface area contributed by atoms with Crippen LogP contribution in [0.15, 0.2) is 11.5 Å². The predicted octanol–water partition coefficient (Wildman–Crippen LogP) is 0.819. The predicted molar refractivity (Wildman–Crippen MR) is 24.8 cm³/mol. The monoisotopic (exact) mass is 124 g/mol. The van der Waals surface area contributed by atoms with Crippen molar-refractivity contribution in [3.8, 4) is 0 Å². The molecule has 0 aromatic carbocycles. The molecule has 0 rings (SSSR count). The Balaban J connectivity index is 4.13. The van der Waals surface area contributed by atoms with E-state index in [0.717, 1.165) is 6.08 Å². The molecular formula is C3H5FO2S. The average molecular weight is 124 g/mol. The molecule has 0 aliphatic heterocycles. The zero-order valence-electron chi connectivity index (χ0n) is 3.76. The van der Waals surface area contributed by atoms with Crippen LogP contribution >= 0.6 is 0 Å². The van der Waals surface area contributed by atoms with E-state index in [4.69, 9.17) is 0 Å². The maximum absolute atomic E-state index is 11.3. The van der Waals surface area contributed by atoms with Gasteiger partial charge < -0.3 is 0 Å². The summed E-state index contributed by atoms with van der Waals surface area (Å²) < 4.78 is 30.2. The Morgan fingerprint density at radius 1 is 1.57 bits per heavy atom. The normalized spacial score (nSPS) is 12.9. The van der Waals surface area contributed by atoms with Crippen molar-refractivity contribution in [3.63, 3.8) is 0 Å². The summed E-state index contributed by atoms with van der Waals surface area (Å²) in [6.07, 6.45) is 1.12. The van der Waals surface area contributed by atoms with Gasteiger partial charge in [0.2, 0.25) is 0 Å². The Labute approximate surface area is 41.9 Å². The number of hydrogen-bond acceptors (Lipinski definition) is 2. The van der Waals surface area contributed by atoms with Crippen molar-refractivity contribution >= 4 is 10.2 Å². The van der Waals surface area contributed by atoms with Crippen LogP contribution in [0.3, 0.4) is 0 Å². The third-order valence-electron chi connectivity index (χ3n) is 0.299. The van der Waals surface area contributed by atoms with Gasteiger partial charge in [-0.3, -0.25) is 0 Å². The fourth-order valence-electron chi connectivity index (χ4n) is 0.163. The highest BCUT2D eigenvalue weighted by Crippen LogP contribution is 1.89. The van der Waals surface area contributed by atoms with Gasteiger partial charge in [0.1, 0.15) is 0 Å². The molecule has 0 saturated carbocycles. The molecule has 0 aliphatic rings. The summed E-state index contributed by atoms with van der Waals surface area (Å²) in [5, 5.41) is 0.493. The zero-order valence-corrected chi connectivity index (χ0v) is 4.57. The molecule has 0 aliphatic carbocycles. The van der Waals surface area contributed by atoms with Crippen LogP contribution in [0.1, 0.15) is 6.92 Å². The standard InChI is InChI=1S/C3H5FO2S/c1-2-3-7(4,5)6/h2-3H,1H3/b3-2+. The molecule has 0 spiro atoms. The van der Waals surface area contributed by atoms with E-state index in [2.05, 4.69) is 0 Å². The molecule has 0 fully saturated rings. The van der Waals surface area contributed by atoms with E-state index >= 15 is 0 Å². The Bertz CT molecular complexity index is 156. The van der Waals surface area contributed by atoms with Crippen LogP contribution in [0.4, 0.5) is 3.89 Å². The Hall–Kier alpha value is -0.380. The zero-order chi connectivity index (χ0) is 5.91. The van der Waals surface area contributed by atoms with Crippen LogP contribution in [0.25, 0.3) is 0 Å². The van der Waals surface area contributed by atoms with Crippen molar-refractivity contribution in [1.29, 1.82) is 0 Å². The summed E-state index contributed by atoms with van der Waals surface area (Å²) in [6, 6.07) is 0. The highest BCUT2D eigenvalue weighted by molar-refractivity contribution is 7.89. The lowest BCUT2D eigenvalue weighted by Gasteiger charge is -1.72. The summed E-state index contributed by atoms with van der Waals surface area (Å²) in [7, 11) is -4.35. The molecule has 0 N–H and O–H groups in total. The molecular weight excluding hydrogens is 119 g/mol. The minimum Gasteiger partial charge on any atom is -0.190 e. The van der Waals surface area contributed by atoms with E-state index in [1.807, 2.05) is 0 Å². The molecule has 0 bridgehead atoms. The van der Waals surface area contributed by atoms with E-state index in [-0.39, 0.29) is 0 Å². The van der Waals surface area contributed by atoms with Crippen LogP contribution in [-0.2, 0) is 10.2 Å². The first-order chi connectivity index (χ1) is 3.06. The summed E-state index contributed by atoms with van der Waals surface area (Å²) in [4.78, 5) is 0. The van der Waals surface area contributed by atoms with Crippen LogP contribution in [0.2, 0.25) is 0 Å². The smallest absolute Gasteiger partial charge is 0.190 e. The van der Waals surface area contributed by atoms with Gasteiger partial charge in [0, 0.05) is 0 Å². The van der Waals surface area contributed by atoms with Crippen LogP contribution in [0, 0.1) is 0 Å². The van der Waals surface area contributed by atoms with Crippen LogP contribution in [-0.4, -0.2) is 8.42 Å². The van der Waals surface area contributed by atoms with Gasteiger partial charge in [0.15, 0.2) is 0 Å². The number of rotatable bonds is 1. The van der Waals surface area contributed by atoms with Crippen LogP contribution < -0.4 is 0 Å². The third-order valence-corrected chi connectivity index (χ3v) is 0.896. The summed E-state index contributed by atoms with van der Waals surface area (Å²) in [5.41, 5.74) is 0. The maximum atomic E-state index is 11.3. The van der Waals surface area contributed by atoms with Gasteiger partial charge in [-0.05, 0) is 6.92 Å². The second-order valence-corrected chi connectivity index (χ2v) is 2.17. The number of allylic oxidation sites excluding steroid dienone is 1. The summed E-state index contributed by atoms with van der Waals surface area (Å²) in [5.74, 6) is 0. The van der Waals surface area contributed by atoms with Gasteiger partial charge in [0.05, 0.1) is 5.41 Å². The van der Waals surface area contributed by atoms with Crippen molar-refractivity contribution < 1.29 is 12.3 Å². The second kappa shape index (κ2) is 2.07. The maximum Gasteiger partial charge on any atom is 0.324 e. The van der Waals surface area contributed by atoms with Crippen molar-refractivity contribution in [2.75, 3.05) is 0 Å². The molecule has 0 amide bonds. The van der Waals surface area contributed by atoms with Gasteiger partial charge in [-0.15, -0.1) is 3.89 Å². The fourth-order valence-corrected chi connectivity index (χ4v) is 0.488. The Morgan fingerprint density at radius 3 is 2.00 bits per heavy atom. The lowest BCUT2D eigenvalue weighted by molar-refractivity contribution is 0.563. The van der Waals surface area contributed by atoms with E-state index < -0.39 is 10.2 Å². The first-order valence-corrected chi connectivity index (χ1v) is 3.08. The molecule has 7 heavy (non-hydrogen) atoms. The first kappa shape index (κ1) is 6.62. The molecule has 0 saturated heterocycles. The van der Waals surface area contributed by atoms with Gasteiger partial charge in [-0.1, -0.05) is 6.08 Å². The molecule has 0 heterocycles. The summed E-state index contributed by atoms with van der Waals surface area (Å²) >= 11 is 0. The van der Waals surface area contributed by atoms with E-state index in [9.17, 15) is 12.3 Å². The van der Waals surface area contributed by atoms with Gasteiger partial charge in [-0.25, -0.2) is 0 Å². The quantitative estimate of drug-likeness (QED) is 0.485. The minimum absolute atomic E-state index is 0.493. The van der Waals surface area contributed by atoms with Crippen molar-refractivity contribution in [1.82, 2.24) is 0 Å². The van der Waals surface area contributed by atoms with Gasteiger partial charge in [-0.2, -0.15) is 8.42 Å². The Kier molecular flexibility index (Phi) is 1.95. The second-order valence-electron chi connectivity index (χ2n) is 0.945. The topological polar surface area (TPSA) is 34.1 Å². The molecule has 42 valence electrons. The average Bonchev–Trinajstić information content (AvgIpc) is 1.30. The first-order valence-electron chi connectivity index (χ1n) is 1.63. The molecule has 4 heteroatoms. The Morgan fingerprint density at radius 2 is 2.00 bits per heavy atom. The van der Waals surface area contributed by atoms with Gasteiger partial charge in [0.25, 0.3) is 0 Å². The van der Waals surface area contributed by atoms with E-state index in [1.54, 1.807) is 0 Å². The molecule has 0 atom stereocenters. The lowest BCUT2D eigenvalue weighted by atomic mass is 10.8. The largest absolute Gasteiger partial charge is 0.324 e. The van der Waals surface area contributed by atoms with Gasteiger partial charge >= 0.3 is 10.2 Å². The summed E-state index contributed by atoms with van der Waals surface area (Å²) in [6.45, 7) is 1.43. The highest BCUT2D eigenvalue weighted by Gasteiger charge is 1.94. The van der Waals surface area contributed by atoms with Crippen molar-refractivity contribution in [2.45, 2.75) is 6.92 Å². The van der Waals surface area contributed by atoms with Crippen LogP contribution in [0.5, 0.6) is 0 Å². The number of halogens is 1.